The van der Waals surface area contributed by atoms with E-state index in [2.05, 4.69) is 25.9 Å². The summed E-state index contributed by atoms with van der Waals surface area (Å²) in [5.41, 5.74) is 6.53. The number of carbonyl (C=O) groups excluding carboxylic acids is 1. The van der Waals surface area contributed by atoms with Crippen LogP contribution in [0.4, 0.5) is 4.79 Å². The topological polar surface area (TPSA) is 71.6 Å². The number of hydrogen-bond donors (Lipinski definition) is 1. The molecule has 1 aromatic rings. The highest BCUT2D eigenvalue weighted by atomic mass is 79.9. The first-order chi connectivity index (χ1) is 8.00. The van der Waals surface area contributed by atoms with Gasteiger partial charge in [-0.05, 0) is 41.9 Å². The number of aliphatic imine (C=N–C) groups is 1. The maximum Gasteiger partial charge on any atom is 0.346 e. The minimum atomic E-state index is -0.351. The normalized spacial score (nSPS) is 20.0. The summed E-state index contributed by atoms with van der Waals surface area (Å²) in [6.45, 7) is 3.86. The van der Waals surface area contributed by atoms with Crippen LogP contribution in [0.15, 0.2) is 27.8 Å². The molecule has 90 valence electrons. The fourth-order valence-electron chi connectivity index (χ4n) is 1.84. The zero-order chi connectivity index (χ0) is 12.6. The molecule has 2 amide bonds. The second kappa shape index (κ2) is 4.44. The molecule has 1 aliphatic heterocycles. The largest absolute Gasteiger partial charge is 0.385 e. The van der Waals surface area contributed by atoms with E-state index in [1.807, 2.05) is 26.0 Å². The van der Waals surface area contributed by atoms with E-state index in [0.717, 1.165) is 10.2 Å². The van der Waals surface area contributed by atoms with Crippen molar-refractivity contribution in [3.63, 3.8) is 0 Å². The Balaban J connectivity index is 2.39. The molecule has 17 heavy (non-hydrogen) atoms. The van der Waals surface area contributed by atoms with Crippen molar-refractivity contribution in [3.8, 4) is 0 Å². The monoisotopic (exact) mass is 296 g/mol. The predicted molar refractivity (Wildman–Crippen MR) is 68.7 cm³/mol. The van der Waals surface area contributed by atoms with Gasteiger partial charge in [-0.1, -0.05) is 0 Å². The molecule has 5 nitrogen and oxygen atoms in total. The summed E-state index contributed by atoms with van der Waals surface area (Å²) < 4.78 is 0.886. The lowest BCUT2D eigenvalue weighted by atomic mass is 10.1. The third-order valence-corrected chi connectivity index (χ3v) is 3.06. The van der Waals surface area contributed by atoms with Crippen molar-refractivity contribution in [1.82, 2.24) is 9.88 Å². The van der Waals surface area contributed by atoms with Gasteiger partial charge < -0.3 is 10.6 Å². The second-order valence-corrected chi connectivity index (χ2v) is 5.04. The van der Waals surface area contributed by atoms with Crippen LogP contribution < -0.4 is 5.73 Å². The van der Waals surface area contributed by atoms with Crippen LogP contribution in [-0.2, 0) is 0 Å². The predicted octanol–water partition coefficient (Wildman–Crippen LogP) is 2.09. The molecule has 0 spiro atoms. The fourth-order valence-corrected chi connectivity index (χ4v) is 2.08. The first-order valence-corrected chi connectivity index (χ1v) is 6.08. The van der Waals surface area contributed by atoms with E-state index < -0.39 is 0 Å². The molecular weight excluding hydrogens is 284 g/mol. The number of pyridine rings is 1. The number of urea groups is 1. The standard InChI is InChI=1S/C11H13BrN4O/c1-6(2)16-9(10(13)15-11(16)17)8-4-3-7(12)5-14-8/h3-6,9H,1-2H3,(H2,13,15,17). The second-order valence-electron chi connectivity index (χ2n) is 4.12. The zero-order valence-corrected chi connectivity index (χ0v) is 11.2. The highest BCUT2D eigenvalue weighted by molar-refractivity contribution is 9.10. The summed E-state index contributed by atoms with van der Waals surface area (Å²) in [4.78, 5) is 21.4. The number of carbonyl (C=O) groups is 1. The Labute approximate surface area is 108 Å². The summed E-state index contributed by atoms with van der Waals surface area (Å²) >= 11 is 3.32. The Hall–Kier alpha value is -1.43. The molecule has 0 radical (unpaired) electrons. The zero-order valence-electron chi connectivity index (χ0n) is 9.59. The smallest absolute Gasteiger partial charge is 0.346 e. The van der Waals surface area contributed by atoms with E-state index in [0.29, 0.717) is 5.84 Å². The Kier molecular flexibility index (Phi) is 3.15. The average Bonchev–Trinajstić information content (AvgIpc) is 2.55. The molecule has 6 heteroatoms. The first-order valence-electron chi connectivity index (χ1n) is 5.28. The van der Waals surface area contributed by atoms with E-state index in [9.17, 15) is 4.79 Å². The van der Waals surface area contributed by atoms with Gasteiger partial charge in [0.2, 0.25) is 0 Å². The molecule has 1 atom stereocenters. The molecule has 2 rings (SSSR count). The van der Waals surface area contributed by atoms with Gasteiger partial charge in [0.05, 0.1) is 5.69 Å². The number of amides is 2. The molecule has 0 saturated carbocycles. The minimum absolute atomic E-state index is 0.0303. The lowest BCUT2D eigenvalue weighted by molar-refractivity contribution is 0.189. The van der Waals surface area contributed by atoms with Gasteiger partial charge in [0, 0.05) is 16.7 Å². The van der Waals surface area contributed by atoms with Crippen LogP contribution >= 0.6 is 15.9 Å². The van der Waals surface area contributed by atoms with Crippen molar-refractivity contribution in [2.75, 3.05) is 0 Å². The quantitative estimate of drug-likeness (QED) is 0.908. The summed E-state index contributed by atoms with van der Waals surface area (Å²) in [7, 11) is 0. The van der Waals surface area contributed by atoms with Crippen molar-refractivity contribution >= 4 is 27.8 Å². The average molecular weight is 297 g/mol. The van der Waals surface area contributed by atoms with Crippen LogP contribution in [0.25, 0.3) is 0 Å². The summed E-state index contributed by atoms with van der Waals surface area (Å²) in [5.74, 6) is 0.304. The van der Waals surface area contributed by atoms with Crippen molar-refractivity contribution in [1.29, 1.82) is 0 Å². The maximum absolute atomic E-state index is 11.7. The van der Waals surface area contributed by atoms with E-state index >= 15 is 0 Å². The van der Waals surface area contributed by atoms with Gasteiger partial charge in [0.25, 0.3) is 0 Å². The SMILES string of the molecule is CC(C)N1C(=O)N=C(N)C1c1ccc(Br)cn1. The van der Waals surface area contributed by atoms with Crippen molar-refractivity contribution < 1.29 is 4.79 Å². The van der Waals surface area contributed by atoms with Crippen LogP contribution in [0.1, 0.15) is 25.6 Å². The number of hydrogen-bond acceptors (Lipinski definition) is 3. The molecule has 0 bridgehead atoms. The Morgan fingerprint density at radius 3 is 2.71 bits per heavy atom. The van der Waals surface area contributed by atoms with E-state index in [4.69, 9.17) is 5.73 Å². The Morgan fingerprint density at radius 1 is 1.47 bits per heavy atom. The van der Waals surface area contributed by atoms with Gasteiger partial charge >= 0.3 is 6.03 Å². The van der Waals surface area contributed by atoms with E-state index in [-0.39, 0.29) is 18.1 Å². The molecule has 0 saturated heterocycles. The van der Waals surface area contributed by atoms with Crippen LogP contribution in [0.3, 0.4) is 0 Å². The van der Waals surface area contributed by atoms with Crippen molar-refractivity contribution in [2.24, 2.45) is 10.7 Å². The van der Waals surface area contributed by atoms with E-state index in [1.54, 1.807) is 11.1 Å². The number of halogens is 1. The number of amidine groups is 1. The molecule has 0 aromatic carbocycles. The number of nitrogens with two attached hydrogens (primary N) is 1. The molecule has 0 fully saturated rings. The molecule has 1 unspecified atom stereocenters. The first kappa shape index (κ1) is 12.0. The van der Waals surface area contributed by atoms with Crippen LogP contribution in [0.2, 0.25) is 0 Å². The van der Waals surface area contributed by atoms with Gasteiger partial charge in [-0.3, -0.25) is 4.98 Å². The highest BCUT2D eigenvalue weighted by Crippen LogP contribution is 2.28. The van der Waals surface area contributed by atoms with Crippen LogP contribution in [-0.4, -0.2) is 27.8 Å². The van der Waals surface area contributed by atoms with Gasteiger partial charge in [-0.25, -0.2) is 4.79 Å². The number of aromatic nitrogens is 1. The lowest BCUT2D eigenvalue weighted by Crippen LogP contribution is -2.38. The van der Waals surface area contributed by atoms with Crippen molar-refractivity contribution in [2.45, 2.75) is 25.9 Å². The Bertz CT molecular complexity index is 469. The molecule has 2 N–H and O–H groups in total. The molecular formula is C11H13BrN4O. The Morgan fingerprint density at radius 2 is 2.18 bits per heavy atom. The molecule has 1 aliphatic rings. The highest BCUT2D eigenvalue weighted by Gasteiger charge is 2.36. The fraction of sp³-hybridized carbons (Fsp3) is 0.364. The van der Waals surface area contributed by atoms with Gasteiger partial charge in [-0.15, -0.1) is 0 Å². The third-order valence-electron chi connectivity index (χ3n) is 2.59. The number of rotatable bonds is 2. The van der Waals surface area contributed by atoms with Crippen LogP contribution in [0.5, 0.6) is 0 Å². The summed E-state index contributed by atoms with van der Waals surface area (Å²) in [6, 6.07) is 3.09. The minimum Gasteiger partial charge on any atom is -0.385 e. The van der Waals surface area contributed by atoms with Crippen molar-refractivity contribution in [3.05, 3.63) is 28.5 Å². The summed E-state index contributed by atoms with van der Waals surface area (Å²) in [5, 5.41) is 0. The lowest BCUT2D eigenvalue weighted by Gasteiger charge is -2.27. The third kappa shape index (κ3) is 2.17. The molecule has 1 aromatic heterocycles. The van der Waals surface area contributed by atoms with E-state index in [1.165, 1.54) is 0 Å². The van der Waals surface area contributed by atoms with Gasteiger partial charge in [-0.2, -0.15) is 4.99 Å². The van der Waals surface area contributed by atoms with Crippen LogP contribution in [0, 0.1) is 0 Å². The van der Waals surface area contributed by atoms with Gasteiger partial charge in [0.1, 0.15) is 11.9 Å². The summed E-state index contributed by atoms with van der Waals surface area (Å²) in [6.07, 6.45) is 1.68. The number of nitrogens with zero attached hydrogens (tertiary/aromatic N) is 3. The molecule has 2 heterocycles. The molecule has 0 aliphatic carbocycles. The van der Waals surface area contributed by atoms with Gasteiger partial charge in [0.15, 0.2) is 0 Å². The maximum atomic E-state index is 11.7.